The first-order valence-electron chi connectivity index (χ1n) is 9.98. The number of hydrogen-bond donors (Lipinski definition) is 2. The van der Waals surface area contributed by atoms with Crippen LogP contribution in [0.5, 0.6) is 11.6 Å². The molecule has 186 valence electrons. The van der Waals surface area contributed by atoms with Crippen molar-refractivity contribution in [2.75, 3.05) is 0 Å². The highest BCUT2D eigenvalue weighted by Crippen LogP contribution is 2.43. The van der Waals surface area contributed by atoms with E-state index in [0.717, 1.165) is 36.2 Å². The molecule has 1 atom stereocenters. The minimum absolute atomic E-state index is 0.131. The molecule has 0 fully saturated rings. The van der Waals surface area contributed by atoms with Gasteiger partial charge in [0.1, 0.15) is 17.7 Å². The van der Waals surface area contributed by atoms with Gasteiger partial charge in [-0.15, -0.1) is 0 Å². The number of aromatic nitrogens is 1. The van der Waals surface area contributed by atoms with Crippen molar-refractivity contribution in [3.05, 3.63) is 63.8 Å². The zero-order valence-electron chi connectivity index (χ0n) is 18.7. The van der Waals surface area contributed by atoms with E-state index >= 15 is 4.39 Å². The van der Waals surface area contributed by atoms with Gasteiger partial charge in [-0.1, -0.05) is 23.9 Å². The summed E-state index contributed by atoms with van der Waals surface area (Å²) in [5.41, 5.74) is -2.14. The number of thioether (sulfide) groups is 1. The minimum atomic E-state index is -3.29. The van der Waals surface area contributed by atoms with Crippen molar-refractivity contribution in [3.63, 3.8) is 0 Å². The number of benzene rings is 1. The van der Waals surface area contributed by atoms with Gasteiger partial charge >= 0.3 is 13.2 Å². The lowest BCUT2D eigenvalue weighted by atomic mass is 9.98. The number of allylic oxidation sites excluding steroid dienone is 2. The third-order valence-electron chi connectivity index (χ3n) is 4.52. The molecular weight excluding hydrogens is 481 g/mol. The van der Waals surface area contributed by atoms with Crippen molar-refractivity contribution in [2.24, 2.45) is 0 Å². The number of alkyl halides is 4. The smallest absolute Gasteiger partial charge is 0.388 e. The van der Waals surface area contributed by atoms with Crippen molar-refractivity contribution in [3.8, 4) is 22.8 Å². The molecule has 0 bridgehead atoms. The average Bonchev–Trinajstić information content (AvgIpc) is 2.72. The fraction of sp³-hybridized carbons (Fsp3) is 0.348. The molecule has 34 heavy (non-hydrogen) atoms. The van der Waals surface area contributed by atoms with E-state index in [1.807, 2.05) is 0 Å². The second kappa shape index (κ2) is 11.7. The third-order valence-corrected chi connectivity index (χ3v) is 6.17. The molecule has 0 amide bonds. The molecule has 1 aromatic heterocycles. The van der Waals surface area contributed by atoms with Gasteiger partial charge in [-0.2, -0.15) is 17.6 Å². The Labute approximate surface area is 197 Å². The molecular formula is C23H24F5NO4S. The Morgan fingerprint density at radius 3 is 2.24 bits per heavy atom. The van der Waals surface area contributed by atoms with Gasteiger partial charge in [-0.25, -0.2) is 9.37 Å². The van der Waals surface area contributed by atoms with Gasteiger partial charge in [0.15, 0.2) is 0 Å². The molecule has 2 rings (SSSR count). The SMILES string of the molecule is C/C=C(\S/C(=C\C)C(C)(C)O)[C@H](O)c1ccc(OC(F)F)c(-c2ccnc(OC(F)F)c2)c1F. The maximum atomic E-state index is 15.7. The van der Waals surface area contributed by atoms with Crippen LogP contribution in [0, 0.1) is 5.82 Å². The molecule has 2 N–H and O–H groups in total. The molecule has 0 saturated heterocycles. The second-order valence-electron chi connectivity index (χ2n) is 7.39. The highest BCUT2D eigenvalue weighted by atomic mass is 32.2. The summed E-state index contributed by atoms with van der Waals surface area (Å²) in [7, 11) is 0. The van der Waals surface area contributed by atoms with E-state index in [4.69, 9.17) is 0 Å². The molecule has 0 aliphatic heterocycles. The lowest BCUT2D eigenvalue weighted by molar-refractivity contribution is -0.0528. The zero-order chi connectivity index (χ0) is 25.6. The molecule has 0 radical (unpaired) electrons. The first-order chi connectivity index (χ1) is 15.9. The van der Waals surface area contributed by atoms with E-state index in [0.29, 0.717) is 4.91 Å². The van der Waals surface area contributed by atoms with E-state index < -0.39 is 47.9 Å². The normalized spacial score (nSPS) is 14.0. The van der Waals surface area contributed by atoms with E-state index in [2.05, 4.69) is 14.5 Å². The summed E-state index contributed by atoms with van der Waals surface area (Å²) in [5, 5.41) is 21.2. The van der Waals surface area contributed by atoms with Gasteiger partial charge in [-0.05, 0) is 51.5 Å². The van der Waals surface area contributed by atoms with Crippen LogP contribution in [0.1, 0.15) is 39.4 Å². The van der Waals surface area contributed by atoms with Gasteiger partial charge in [0.2, 0.25) is 5.88 Å². The largest absolute Gasteiger partial charge is 0.434 e. The summed E-state index contributed by atoms with van der Waals surface area (Å²) in [5.74, 6) is -2.24. The summed E-state index contributed by atoms with van der Waals surface area (Å²) in [6, 6.07) is 4.27. The molecule has 0 saturated carbocycles. The van der Waals surface area contributed by atoms with Crippen LogP contribution in [0.25, 0.3) is 11.1 Å². The predicted molar refractivity (Wildman–Crippen MR) is 119 cm³/mol. The Morgan fingerprint density at radius 2 is 1.71 bits per heavy atom. The summed E-state index contributed by atoms with van der Waals surface area (Å²) in [6.07, 6.45) is 2.67. The van der Waals surface area contributed by atoms with Gasteiger partial charge in [0.25, 0.3) is 0 Å². The molecule has 0 aliphatic rings. The summed E-state index contributed by atoms with van der Waals surface area (Å²) >= 11 is 1.03. The van der Waals surface area contributed by atoms with E-state index in [9.17, 15) is 27.8 Å². The third kappa shape index (κ3) is 6.94. The second-order valence-corrected chi connectivity index (χ2v) is 8.50. The molecule has 1 heterocycles. The zero-order valence-corrected chi connectivity index (χ0v) is 19.5. The number of aliphatic hydroxyl groups excluding tert-OH is 1. The molecule has 2 aromatic rings. The molecule has 5 nitrogen and oxygen atoms in total. The van der Waals surface area contributed by atoms with Crippen molar-refractivity contribution in [2.45, 2.75) is 52.6 Å². The lowest BCUT2D eigenvalue weighted by Gasteiger charge is -2.24. The fourth-order valence-electron chi connectivity index (χ4n) is 3.06. The van der Waals surface area contributed by atoms with Crippen LogP contribution >= 0.6 is 11.8 Å². The van der Waals surface area contributed by atoms with Crippen molar-refractivity contribution in [1.82, 2.24) is 4.98 Å². The molecule has 0 spiro atoms. The fourth-order valence-corrected chi connectivity index (χ4v) is 4.04. The first-order valence-corrected chi connectivity index (χ1v) is 10.8. The van der Waals surface area contributed by atoms with Crippen molar-refractivity contribution in [1.29, 1.82) is 0 Å². The lowest BCUT2D eigenvalue weighted by Crippen LogP contribution is -2.20. The predicted octanol–water partition coefficient (Wildman–Crippen LogP) is 6.44. The number of rotatable bonds is 10. The maximum absolute atomic E-state index is 15.7. The minimum Gasteiger partial charge on any atom is -0.434 e. The topological polar surface area (TPSA) is 71.8 Å². The van der Waals surface area contributed by atoms with E-state index in [1.165, 1.54) is 12.1 Å². The van der Waals surface area contributed by atoms with Crippen LogP contribution in [0.15, 0.2) is 52.4 Å². The number of ether oxygens (including phenoxy) is 2. The summed E-state index contributed by atoms with van der Waals surface area (Å²) in [4.78, 5) is 4.33. The summed E-state index contributed by atoms with van der Waals surface area (Å²) < 4.78 is 75.4. The number of pyridine rings is 1. The first kappa shape index (κ1) is 27.6. The Morgan fingerprint density at radius 1 is 1.06 bits per heavy atom. The van der Waals surface area contributed by atoms with Crippen LogP contribution < -0.4 is 9.47 Å². The average molecular weight is 506 g/mol. The molecule has 0 aliphatic carbocycles. The summed E-state index contributed by atoms with van der Waals surface area (Å²) in [6.45, 7) is -0.106. The monoisotopic (exact) mass is 505 g/mol. The standard InChI is InChI=1S/C23H24F5NO4S/c1-5-15(34-16(6-2)23(3,4)31)20(30)13-7-8-14(32-21(25)26)18(19(13)24)12-9-10-29-17(11-12)33-22(27)28/h5-11,20-22,30-31H,1-4H3/b15-5-,16-6-/t20-/m1/s1. The van der Waals surface area contributed by atoms with Gasteiger partial charge in [-0.3, -0.25) is 0 Å². The molecule has 11 heteroatoms. The number of hydrogen-bond acceptors (Lipinski definition) is 6. The van der Waals surface area contributed by atoms with Gasteiger partial charge in [0.05, 0.1) is 11.2 Å². The number of aliphatic hydroxyl groups is 2. The Kier molecular flexibility index (Phi) is 9.48. The van der Waals surface area contributed by atoms with E-state index in [1.54, 1.807) is 33.8 Å². The van der Waals surface area contributed by atoms with Crippen LogP contribution in [0.4, 0.5) is 22.0 Å². The Bertz CT molecular complexity index is 1050. The van der Waals surface area contributed by atoms with Gasteiger partial charge < -0.3 is 19.7 Å². The van der Waals surface area contributed by atoms with E-state index in [-0.39, 0.29) is 16.0 Å². The van der Waals surface area contributed by atoms with Crippen LogP contribution in [-0.4, -0.2) is 34.0 Å². The number of halogens is 5. The van der Waals surface area contributed by atoms with Crippen molar-refractivity contribution < 1.29 is 41.6 Å². The van der Waals surface area contributed by atoms with Crippen molar-refractivity contribution >= 4 is 11.8 Å². The van der Waals surface area contributed by atoms with Crippen LogP contribution in [0.3, 0.4) is 0 Å². The molecule has 0 unspecified atom stereocenters. The highest BCUT2D eigenvalue weighted by Gasteiger charge is 2.28. The number of nitrogens with zero attached hydrogens (tertiary/aromatic N) is 1. The highest BCUT2D eigenvalue weighted by molar-refractivity contribution is 8.06. The maximum Gasteiger partial charge on any atom is 0.388 e. The van der Waals surface area contributed by atoms with Gasteiger partial charge in [0, 0.05) is 27.6 Å². The van der Waals surface area contributed by atoms with Crippen LogP contribution in [0.2, 0.25) is 0 Å². The Hall–Kier alpha value is -2.63. The Balaban J connectivity index is 2.59. The molecule has 1 aromatic carbocycles. The quantitative estimate of drug-likeness (QED) is 0.363. The van der Waals surface area contributed by atoms with Crippen LogP contribution in [-0.2, 0) is 0 Å².